The third-order valence-electron chi connectivity index (χ3n) is 12.7. The lowest BCUT2D eigenvalue weighted by Crippen LogP contribution is -2.74. The second-order valence-electron chi connectivity index (χ2n) is 17.0. The lowest BCUT2D eigenvalue weighted by Gasteiger charge is -2.63. The number of aromatic nitrogens is 2. The van der Waals surface area contributed by atoms with Crippen LogP contribution in [0.3, 0.4) is 0 Å². The number of imide groups is 2. The van der Waals surface area contributed by atoms with Crippen LogP contribution in [0.1, 0.15) is 90.1 Å². The standard InChI is InChI=1S/C42H46ClN9O6/c1-41(2)39(42(3,4)40(41)58-27-7-5-24(23-44)30(43)22-27)46-35(54)31-9-11-33(48-47-31)51-15-13-25(14-16-51)49-17-19-50(20-18-49)26-6-8-28-29(21-26)38(57)52(37(28)56)32-10-12-34(53)45-36(32)55/h5-9,11,21-22,25,32,39-40H,10,12-20H2,1-4H3,(H,46,54)(H,45,53,55)/t32?,39-,40-. The fraction of sp³-hybridized carbons (Fsp3) is 0.476. The number of anilines is 2. The Labute approximate surface area is 341 Å². The third kappa shape index (κ3) is 6.91. The van der Waals surface area contributed by atoms with Crippen molar-refractivity contribution in [2.45, 2.75) is 77.6 Å². The van der Waals surface area contributed by atoms with E-state index in [0.717, 1.165) is 68.5 Å². The molecule has 1 aliphatic carbocycles. The van der Waals surface area contributed by atoms with Gasteiger partial charge >= 0.3 is 0 Å². The number of carbonyl (C=O) groups excluding carboxylic acids is 5. The molecule has 5 aliphatic rings. The fourth-order valence-corrected chi connectivity index (χ4v) is 10.1. The summed E-state index contributed by atoms with van der Waals surface area (Å²) in [7, 11) is 0. The van der Waals surface area contributed by atoms with Crippen molar-refractivity contribution in [2.75, 3.05) is 49.1 Å². The van der Waals surface area contributed by atoms with Gasteiger partial charge in [0.25, 0.3) is 17.7 Å². The number of fused-ring (bicyclic) bond motifs is 1. The molecule has 2 aromatic carbocycles. The zero-order valence-electron chi connectivity index (χ0n) is 33.0. The van der Waals surface area contributed by atoms with Crippen molar-refractivity contribution in [1.29, 1.82) is 5.26 Å². The highest BCUT2D eigenvalue weighted by atomic mass is 35.5. The first-order chi connectivity index (χ1) is 27.7. The second-order valence-corrected chi connectivity index (χ2v) is 17.4. The number of piperazine rings is 1. The summed E-state index contributed by atoms with van der Waals surface area (Å²) in [6.07, 6.45) is 1.90. The molecule has 8 rings (SSSR count). The lowest BCUT2D eigenvalue weighted by molar-refractivity contribution is -0.164. The van der Waals surface area contributed by atoms with Crippen molar-refractivity contribution in [3.8, 4) is 11.8 Å². The van der Waals surface area contributed by atoms with E-state index >= 15 is 0 Å². The molecule has 4 fully saturated rings. The van der Waals surface area contributed by atoms with Gasteiger partial charge in [-0.3, -0.25) is 39.1 Å². The molecule has 5 heterocycles. The first-order valence-corrected chi connectivity index (χ1v) is 20.2. The molecule has 15 nitrogen and oxygen atoms in total. The molecule has 5 amide bonds. The summed E-state index contributed by atoms with van der Waals surface area (Å²) >= 11 is 6.24. The summed E-state index contributed by atoms with van der Waals surface area (Å²) in [5.41, 5.74) is 1.25. The van der Waals surface area contributed by atoms with Gasteiger partial charge in [-0.2, -0.15) is 5.26 Å². The van der Waals surface area contributed by atoms with Crippen LogP contribution < -0.4 is 25.2 Å². The number of piperidine rings is 2. The van der Waals surface area contributed by atoms with E-state index in [1.807, 2.05) is 12.1 Å². The van der Waals surface area contributed by atoms with Crippen LogP contribution in [0, 0.1) is 22.2 Å². The first kappa shape index (κ1) is 39.2. The molecule has 16 heteroatoms. The molecule has 3 saturated heterocycles. The molecule has 0 bridgehead atoms. The van der Waals surface area contributed by atoms with Gasteiger partial charge < -0.3 is 19.9 Å². The van der Waals surface area contributed by atoms with Crippen LogP contribution in [0.5, 0.6) is 5.75 Å². The van der Waals surface area contributed by atoms with Gasteiger partial charge in [0.1, 0.15) is 24.0 Å². The minimum atomic E-state index is -0.987. The van der Waals surface area contributed by atoms with Gasteiger partial charge in [0.05, 0.1) is 21.7 Å². The number of ether oxygens (including phenoxy) is 1. The molecular weight excluding hydrogens is 762 g/mol. The monoisotopic (exact) mass is 807 g/mol. The molecule has 1 atom stereocenters. The molecule has 302 valence electrons. The summed E-state index contributed by atoms with van der Waals surface area (Å²) in [5, 5.41) is 23.7. The summed E-state index contributed by atoms with van der Waals surface area (Å²) in [6.45, 7) is 13.1. The zero-order valence-corrected chi connectivity index (χ0v) is 33.7. The maximum Gasteiger partial charge on any atom is 0.272 e. The zero-order chi connectivity index (χ0) is 41.1. The Bertz CT molecular complexity index is 2210. The van der Waals surface area contributed by atoms with Gasteiger partial charge in [0, 0.05) is 80.4 Å². The van der Waals surface area contributed by atoms with Crippen LogP contribution >= 0.6 is 11.6 Å². The highest BCUT2D eigenvalue weighted by molar-refractivity contribution is 6.31. The normalized spacial score (nSPS) is 24.5. The topological polar surface area (TPSA) is 181 Å². The van der Waals surface area contributed by atoms with Crippen LogP contribution in [0.15, 0.2) is 48.5 Å². The summed E-state index contributed by atoms with van der Waals surface area (Å²) in [4.78, 5) is 71.9. The molecule has 2 N–H and O–H groups in total. The number of nitrogens with one attached hydrogen (secondary N) is 2. The first-order valence-electron chi connectivity index (χ1n) is 19.8. The van der Waals surface area contributed by atoms with Crippen LogP contribution in [-0.4, -0.2) is 113 Å². The van der Waals surface area contributed by atoms with Crippen LogP contribution in [0.2, 0.25) is 5.02 Å². The largest absolute Gasteiger partial charge is 0.489 e. The van der Waals surface area contributed by atoms with Crippen LogP contribution in [0.4, 0.5) is 11.5 Å². The maximum absolute atomic E-state index is 13.4. The minimum absolute atomic E-state index is 0.0813. The number of rotatable bonds is 8. The number of nitriles is 1. The number of nitrogens with zero attached hydrogens (tertiary/aromatic N) is 7. The molecule has 1 aromatic heterocycles. The van der Waals surface area contributed by atoms with E-state index in [0.29, 0.717) is 22.4 Å². The van der Waals surface area contributed by atoms with Crippen molar-refractivity contribution in [3.63, 3.8) is 0 Å². The Hall–Kier alpha value is -5.59. The molecule has 0 radical (unpaired) electrons. The highest BCUT2D eigenvalue weighted by Crippen LogP contribution is 2.55. The number of amides is 5. The van der Waals surface area contributed by atoms with Crippen molar-refractivity contribution in [1.82, 2.24) is 30.6 Å². The van der Waals surface area contributed by atoms with E-state index in [2.05, 4.69) is 69.3 Å². The molecule has 4 aliphatic heterocycles. The molecule has 3 aromatic rings. The van der Waals surface area contributed by atoms with Gasteiger partial charge in [-0.15, -0.1) is 10.2 Å². The Morgan fingerprint density at radius 2 is 1.57 bits per heavy atom. The van der Waals surface area contributed by atoms with E-state index in [9.17, 15) is 29.2 Å². The Morgan fingerprint density at radius 1 is 0.862 bits per heavy atom. The lowest BCUT2D eigenvalue weighted by atomic mass is 9.49. The fourth-order valence-electron chi connectivity index (χ4n) is 9.88. The Balaban J connectivity index is 0.811. The number of hydrogen-bond donors (Lipinski definition) is 2. The quantitative estimate of drug-likeness (QED) is 0.315. The van der Waals surface area contributed by atoms with Crippen LogP contribution in [-0.2, 0) is 9.59 Å². The average molecular weight is 808 g/mol. The van der Waals surface area contributed by atoms with E-state index in [-0.39, 0.29) is 47.7 Å². The third-order valence-corrected chi connectivity index (χ3v) is 13.0. The van der Waals surface area contributed by atoms with Crippen molar-refractivity contribution in [3.05, 3.63) is 75.9 Å². The van der Waals surface area contributed by atoms with E-state index in [1.54, 1.807) is 36.4 Å². The Morgan fingerprint density at radius 3 is 2.21 bits per heavy atom. The molecule has 1 saturated carbocycles. The summed E-state index contributed by atoms with van der Waals surface area (Å²) < 4.78 is 6.35. The molecule has 58 heavy (non-hydrogen) atoms. The number of benzene rings is 2. The molecular formula is C42H46ClN9O6. The van der Waals surface area contributed by atoms with Gasteiger partial charge in [-0.1, -0.05) is 39.3 Å². The second kappa shape index (κ2) is 15.0. The van der Waals surface area contributed by atoms with E-state index < -0.39 is 40.5 Å². The van der Waals surface area contributed by atoms with Gasteiger partial charge in [0.15, 0.2) is 11.5 Å². The van der Waals surface area contributed by atoms with Crippen molar-refractivity contribution in [2.24, 2.45) is 10.8 Å². The smallest absolute Gasteiger partial charge is 0.272 e. The number of hydrogen-bond acceptors (Lipinski definition) is 12. The number of halogens is 1. The average Bonchev–Trinajstić information content (AvgIpc) is 3.46. The predicted molar refractivity (Wildman–Crippen MR) is 214 cm³/mol. The van der Waals surface area contributed by atoms with Crippen molar-refractivity contribution < 1.29 is 28.7 Å². The predicted octanol–water partition coefficient (Wildman–Crippen LogP) is 3.81. The summed E-state index contributed by atoms with van der Waals surface area (Å²) in [6, 6.07) is 15.2. The van der Waals surface area contributed by atoms with Gasteiger partial charge in [0.2, 0.25) is 11.8 Å². The molecule has 1 unspecified atom stereocenters. The van der Waals surface area contributed by atoms with E-state index in [1.165, 1.54) is 0 Å². The molecule has 0 spiro atoms. The van der Waals surface area contributed by atoms with Gasteiger partial charge in [-0.25, -0.2) is 0 Å². The Kier molecular flexibility index (Phi) is 10.1. The van der Waals surface area contributed by atoms with Crippen LogP contribution in [0.25, 0.3) is 0 Å². The van der Waals surface area contributed by atoms with E-state index in [4.69, 9.17) is 16.3 Å². The maximum atomic E-state index is 13.4. The van der Waals surface area contributed by atoms with Crippen molar-refractivity contribution >= 4 is 52.6 Å². The highest BCUT2D eigenvalue weighted by Gasteiger charge is 2.64. The summed E-state index contributed by atoms with van der Waals surface area (Å²) in [5.74, 6) is -1.01. The van der Waals surface area contributed by atoms with Gasteiger partial charge in [-0.05, 0) is 61.7 Å². The SMILES string of the molecule is CC1(C)[C@H](NC(=O)c2ccc(N3CCC(N4CCN(c5ccc6c(c5)C(=O)N(C5CCC(=O)NC5=O)C6=O)CC4)CC3)nn2)C(C)(C)[C@H]1Oc1ccc(C#N)c(Cl)c1. The number of carbonyl (C=O) groups is 5. The minimum Gasteiger partial charge on any atom is -0.489 e.